The van der Waals surface area contributed by atoms with Crippen LogP contribution < -0.4 is 5.32 Å². The normalized spacial score (nSPS) is 23.0. The van der Waals surface area contributed by atoms with Crippen LogP contribution in [0.25, 0.3) is 0 Å². The summed E-state index contributed by atoms with van der Waals surface area (Å²) >= 11 is 0. The van der Waals surface area contributed by atoms with Crippen LogP contribution in [-0.4, -0.2) is 39.6 Å². The maximum absolute atomic E-state index is 13.0. The summed E-state index contributed by atoms with van der Waals surface area (Å²) < 4.78 is 1.92. The van der Waals surface area contributed by atoms with Crippen molar-refractivity contribution in [1.29, 1.82) is 0 Å². The van der Waals surface area contributed by atoms with Gasteiger partial charge < -0.3 is 10.2 Å². The molecule has 3 aliphatic rings. The fraction of sp³-hybridized carbons (Fsp3) is 0.542. The van der Waals surface area contributed by atoms with Gasteiger partial charge in [-0.1, -0.05) is 31.0 Å². The van der Waals surface area contributed by atoms with Crippen molar-refractivity contribution in [3.63, 3.8) is 0 Å². The van der Waals surface area contributed by atoms with Gasteiger partial charge in [0.15, 0.2) is 0 Å². The summed E-state index contributed by atoms with van der Waals surface area (Å²) in [7, 11) is 0. The third-order valence-corrected chi connectivity index (χ3v) is 7.51. The minimum atomic E-state index is -0.113. The van der Waals surface area contributed by atoms with E-state index >= 15 is 0 Å². The molecule has 5 rings (SSSR count). The zero-order chi connectivity index (χ0) is 20.7. The Kier molecular flexibility index (Phi) is 4.88. The third kappa shape index (κ3) is 3.42. The second kappa shape index (κ2) is 7.56. The zero-order valence-corrected chi connectivity index (χ0v) is 17.6. The van der Waals surface area contributed by atoms with Crippen molar-refractivity contribution in [2.75, 3.05) is 18.4 Å². The Balaban J connectivity index is 1.20. The number of likely N-dealkylation sites (tertiary alicyclic amines) is 1. The average molecular weight is 407 g/mol. The molecule has 1 N–H and O–H groups in total. The number of hydrogen-bond donors (Lipinski definition) is 1. The Morgan fingerprint density at radius 3 is 2.57 bits per heavy atom. The molecule has 1 saturated heterocycles. The lowest BCUT2D eigenvalue weighted by Crippen LogP contribution is -2.41. The van der Waals surface area contributed by atoms with Crippen LogP contribution in [-0.2, 0) is 4.79 Å². The molecular formula is C24H30N4O2. The first-order chi connectivity index (χ1) is 14.6. The number of aromatic nitrogens is 2. The van der Waals surface area contributed by atoms with Crippen LogP contribution in [0.4, 0.5) is 5.82 Å². The molecule has 30 heavy (non-hydrogen) atoms. The van der Waals surface area contributed by atoms with Gasteiger partial charge in [0.2, 0.25) is 5.91 Å². The fourth-order valence-corrected chi connectivity index (χ4v) is 5.60. The molecule has 2 aromatic rings. The first-order valence-corrected chi connectivity index (χ1v) is 11.3. The lowest BCUT2D eigenvalue weighted by Gasteiger charge is -2.33. The molecule has 6 heteroatoms. The predicted molar refractivity (Wildman–Crippen MR) is 115 cm³/mol. The van der Waals surface area contributed by atoms with Crippen LogP contribution in [0.5, 0.6) is 0 Å². The Hall–Kier alpha value is -2.63. The predicted octanol–water partition coefficient (Wildman–Crippen LogP) is 4.19. The van der Waals surface area contributed by atoms with E-state index in [4.69, 9.17) is 0 Å². The van der Waals surface area contributed by atoms with E-state index in [2.05, 4.69) is 15.3 Å². The summed E-state index contributed by atoms with van der Waals surface area (Å²) in [6.45, 7) is 3.50. The molecule has 0 unspecified atom stereocenters. The quantitative estimate of drug-likeness (QED) is 0.828. The van der Waals surface area contributed by atoms with E-state index in [-0.39, 0.29) is 17.9 Å². The highest BCUT2D eigenvalue weighted by Crippen LogP contribution is 2.63. The number of carbonyl (C=O) groups is 2. The highest BCUT2D eigenvalue weighted by Gasteiger charge is 2.59. The largest absolute Gasteiger partial charge is 0.342 e. The van der Waals surface area contributed by atoms with Gasteiger partial charge in [0.25, 0.3) is 5.91 Å². The Morgan fingerprint density at radius 2 is 1.83 bits per heavy atom. The van der Waals surface area contributed by atoms with Gasteiger partial charge in [-0.15, -0.1) is 0 Å². The van der Waals surface area contributed by atoms with Crippen LogP contribution in [0, 0.1) is 18.3 Å². The second-order valence-corrected chi connectivity index (χ2v) is 9.31. The maximum Gasteiger partial charge on any atom is 0.257 e. The van der Waals surface area contributed by atoms with E-state index in [1.165, 1.54) is 25.7 Å². The summed E-state index contributed by atoms with van der Waals surface area (Å²) in [5.74, 6) is 1.27. The minimum Gasteiger partial charge on any atom is -0.342 e. The number of anilines is 1. The standard InChI is InChI=1S/C24H30N4O2/c1-17-6-2-3-7-19(17)22(29)26-21-8-13-25-28(21)18-9-14-27(15-10-18)23(30)20-16-24(20)11-4-5-12-24/h2-3,6-8,13,18,20H,4-5,9-12,14-16H2,1H3,(H,26,29)/t20-/m0/s1. The number of carbonyl (C=O) groups excluding carboxylic acids is 2. The smallest absolute Gasteiger partial charge is 0.257 e. The zero-order valence-electron chi connectivity index (χ0n) is 17.6. The molecule has 2 amide bonds. The molecule has 0 radical (unpaired) electrons. The Labute approximate surface area is 177 Å². The number of rotatable bonds is 4. The van der Waals surface area contributed by atoms with Crippen molar-refractivity contribution in [2.24, 2.45) is 11.3 Å². The highest BCUT2D eigenvalue weighted by molar-refractivity contribution is 6.04. The molecule has 1 aliphatic heterocycles. The molecule has 2 saturated carbocycles. The van der Waals surface area contributed by atoms with Crippen molar-refractivity contribution in [3.05, 3.63) is 47.7 Å². The molecule has 0 bridgehead atoms. The molecule has 1 atom stereocenters. The molecule has 2 heterocycles. The number of amides is 2. The topological polar surface area (TPSA) is 67.2 Å². The molecule has 2 aliphatic carbocycles. The molecule has 1 spiro atoms. The number of piperidine rings is 1. The van der Waals surface area contributed by atoms with Crippen molar-refractivity contribution < 1.29 is 9.59 Å². The minimum absolute atomic E-state index is 0.113. The van der Waals surface area contributed by atoms with Crippen molar-refractivity contribution in [1.82, 2.24) is 14.7 Å². The number of nitrogens with one attached hydrogen (secondary N) is 1. The summed E-state index contributed by atoms with van der Waals surface area (Å²) in [5, 5.41) is 7.50. The third-order valence-electron chi connectivity index (χ3n) is 7.51. The van der Waals surface area contributed by atoms with Crippen LogP contribution in [0.1, 0.15) is 66.9 Å². The first kappa shape index (κ1) is 19.3. The molecule has 158 valence electrons. The van der Waals surface area contributed by atoms with E-state index in [0.717, 1.165) is 43.7 Å². The molecule has 6 nitrogen and oxygen atoms in total. The van der Waals surface area contributed by atoms with E-state index in [0.29, 0.717) is 16.9 Å². The summed E-state index contributed by atoms with van der Waals surface area (Å²) in [6.07, 6.45) is 9.68. The molecule has 3 fully saturated rings. The average Bonchev–Trinajstić information content (AvgIpc) is 3.06. The van der Waals surface area contributed by atoms with Gasteiger partial charge in [0.1, 0.15) is 5.82 Å². The van der Waals surface area contributed by atoms with Gasteiger partial charge in [-0.25, -0.2) is 4.68 Å². The fourth-order valence-electron chi connectivity index (χ4n) is 5.60. The highest BCUT2D eigenvalue weighted by atomic mass is 16.2. The summed E-state index contributed by atoms with van der Waals surface area (Å²) in [4.78, 5) is 27.7. The van der Waals surface area contributed by atoms with Crippen molar-refractivity contribution in [3.8, 4) is 0 Å². The Bertz CT molecular complexity index is 952. The van der Waals surface area contributed by atoms with Gasteiger partial charge in [0, 0.05) is 30.6 Å². The van der Waals surface area contributed by atoms with Crippen LogP contribution in [0.3, 0.4) is 0 Å². The van der Waals surface area contributed by atoms with Gasteiger partial charge >= 0.3 is 0 Å². The van der Waals surface area contributed by atoms with E-state index in [9.17, 15) is 9.59 Å². The van der Waals surface area contributed by atoms with Gasteiger partial charge in [0.05, 0.1) is 12.2 Å². The van der Waals surface area contributed by atoms with Gasteiger partial charge in [-0.05, 0) is 56.1 Å². The summed E-state index contributed by atoms with van der Waals surface area (Å²) in [6, 6.07) is 9.64. The monoisotopic (exact) mass is 406 g/mol. The lowest BCUT2D eigenvalue weighted by atomic mass is 10.00. The first-order valence-electron chi connectivity index (χ1n) is 11.3. The number of hydrogen-bond acceptors (Lipinski definition) is 3. The molecule has 1 aromatic carbocycles. The Morgan fingerprint density at radius 1 is 1.10 bits per heavy atom. The number of aryl methyl sites for hydroxylation is 1. The maximum atomic E-state index is 13.0. The lowest BCUT2D eigenvalue weighted by molar-refractivity contribution is -0.134. The van der Waals surface area contributed by atoms with Crippen molar-refractivity contribution in [2.45, 2.75) is 57.9 Å². The van der Waals surface area contributed by atoms with E-state index < -0.39 is 0 Å². The van der Waals surface area contributed by atoms with Crippen LogP contribution >= 0.6 is 0 Å². The van der Waals surface area contributed by atoms with Crippen molar-refractivity contribution >= 4 is 17.6 Å². The summed E-state index contributed by atoms with van der Waals surface area (Å²) in [5.41, 5.74) is 1.99. The second-order valence-electron chi connectivity index (χ2n) is 9.31. The van der Waals surface area contributed by atoms with Gasteiger partial charge in [-0.2, -0.15) is 5.10 Å². The number of nitrogens with zero attached hydrogens (tertiary/aromatic N) is 3. The van der Waals surface area contributed by atoms with E-state index in [1.54, 1.807) is 6.20 Å². The van der Waals surface area contributed by atoms with Gasteiger partial charge in [-0.3, -0.25) is 9.59 Å². The molecule has 1 aromatic heterocycles. The van der Waals surface area contributed by atoms with Crippen LogP contribution in [0.15, 0.2) is 36.5 Å². The van der Waals surface area contributed by atoms with E-state index in [1.807, 2.05) is 41.9 Å². The van der Waals surface area contributed by atoms with Crippen LogP contribution in [0.2, 0.25) is 0 Å². The SMILES string of the molecule is Cc1ccccc1C(=O)Nc1ccnn1C1CCN(C(=O)[C@@H]2CC23CCCC3)CC1. The number of benzene rings is 1. The molecular weight excluding hydrogens is 376 g/mol.